The minimum atomic E-state index is -4.93. The van der Waals surface area contributed by atoms with Crippen molar-refractivity contribution in [3.8, 4) is 11.8 Å². The van der Waals surface area contributed by atoms with Crippen molar-refractivity contribution < 1.29 is 31.9 Å². The highest BCUT2D eigenvalue weighted by Gasteiger charge is 2.45. The van der Waals surface area contributed by atoms with Crippen LogP contribution in [-0.2, 0) is 6.54 Å². The zero-order valence-corrected chi connectivity index (χ0v) is 18.9. The number of urea groups is 2. The van der Waals surface area contributed by atoms with Crippen LogP contribution in [0.5, 0.6) is 5.75 Å². The van der Waals surface area contributed by atoms with Gasteiger partial charge in [0.25, 0.3) is 0 Å². The molecular formula is C22H27F4N5O3. The lowest BCUT2D eigenvalue weighted by Gasteiger charge is -2.47. The molecule has 1 saturated heterocycles. The first-order chi connectivity index (χ1) is 15.9. The molecule has 2 fully saturated rings. The predicted molar refractivity (Wildman–Crippen MR) is 113 cm³/mol. The molecule has 1 heterocycles. The van der Waals surface area contributed by atoms with Crippen molar-refractivity contribution in [3.05, 3.63) is 29.6 Å². The van der Waals surface area contributed by atoms with Gasteiger partial charge in [-0.2, -0.15) is 5.26 Å². The third-order valence-corrected chi connectivity index (χ3v) is 6.00. The van der Waals surface area contributed by atoms with Gasteiger partial charge in [0.05, 0.1) is 12.1 Å². The Bertz CT molecular complexity index is 963. The monoisotopic (exact) mass is 485 g/mol. The molecule has 186 valence electrons. The number of hydrogen-bond donors (Lipinski definition) is 2. The summed E-state index contributed by atoms with van der Waals surface area (Å²) in [5.74, 6) is -1.63. The van der Waals surface area contributed by atoms with E-state index in [0.29, 0.717) is 25.6 Å². The number of amides is 4. The molecule has 3 rings (SSSR count). The fraction of sp³-hybridized carbons (Fsp3) is 0.591. The number of halogens is 4. The zero-order valence-electron chi connectivity index (χ0n) is 18.9. The topological polar surface area (TPSA) is 97.7 Å². The third-order valence-electron chi connectivity index (χ3n) is 6.00. The molecule has 0 bridgehead atoms. The highest BCUT2D eigenvalue weighted by molar-refractivity contribution is 5.76. The van der Waals surface area contributed by atoms with Gasteiger partial charge in [-0.3, -0.25) is 0 Å². The number of nitriles is 1. The molecule has 2 N–H and O–H groups in total. The number of benzene rings is 1. The Morgan fingerprint density at radius 3 is 2.59 bits per heavy atom. The molecule has 4 amide bonds. The number of rotatable bonds is 6. The number of nitrogens with zero attached hydrogens (tertiary/aromatic N) is 3. The standard InChI is InChI=1S/C22H27F4N5O3/c1-21(7-8-27)10-16(12-30(13-21)19(32)28-2)31(15-4-5-15)20(33)29-11-14-3-6-17(9-18(14)23)34-22(24,25)26/h3,6,9,15-16H,4-5,7,10-13H2,1-2H3,(H,28,32)(H,29,33)/t16-,21-/m1/s1. The molecule has 1 aliphatic heterocycles. The van der Waals surface area contributed by atoms with Crippen molar-refractivity contribution in [2.24, 2.45) is 5.41 Å². The van der Waals surface area contributed by atoms with E-state index in [1.807, 2.05) is 6.92 Å². The Morgan fingerprint density at radius 1 is 1.32 bits per heavy atom. The first-order valence-electron chi connectivity index (χ1n) is 10.9. The summed E-state index contributed by atoms with van der Waals surface area (Å²) in [4.78, 5) is 28.7. The van der Waals surface area contributed by atoms with E-state index in [0.717, 1.165) is 25.0 Å². The van der Waals surface area contributed by atoms with Gasteiger partial charge in [-0.15, -0.1) is 13.2 Å². The molecule has 1 aromatic rings. The van der Waals surface area contributed by atoms with E-state index in [4.69, 9.17) is 0 Å². The summed E-state index contributed by atoms with van der Waals surface area (Å²) in [5, 5.41) is 14.5. The van der Waals surface area contributed by atoms with Gasteiger partial charge in [0.1, 0.15) is 11.6 Å². The maximum Gasteiger partial charge on any atom is 0.573 e. The van der Waals surface area contributed by atoms with E-state index >= 15 is 0 Å². The number of likely N-dealkylation sites (tertiary alicyclic amines) is 1. The Balaban J connectivity index is 1.72. The van der Waals surface area contributed by atoms with Crippen LogP contribution in [0, 0.1) is 22.6 Å². The first kappa shape index (κ1) is 25.4. The van der Waals surface area contributed by atoms with Crippen molar-refractivity contribution in [3.63, 3.8) is 0 Å². The van der Waals surface area contributed by atoms with Crippen LogP contribution in [0.15, 0.2) is 18.2 Å². The second kappa shape index (κ2) is 9.95. The van der Waals surface area contributed by atoms with Crippen LogP contribution < -0.4 is 15.4 Å². The Kier molecular flexibility index (Phi) is 7.43. The first-order valence-corrected chi connectivity index (χ1v) is 10.9. The Hall–Kier alpha value is -3.23. The largest absolute Gasteiger partial charge is 0.573 e. The van der Waals surface area contributed by atoms with Crippen LogP contribution >= 0.6 is 0 Å². The predicted octanol–water partition coefficient (Wildman–Crippen LogP) is 3.73. The zero-order chi connectivity index (χ0) is 25.1. The van der Waals surface area contributed by atoms with E-state index in [1.54, 1.807) is 9.80 Å². The van der Waals surface area contributed by atoms with Gasteiger partial charge < -0.3 is 25.2 Å². The van der Waals surface area contributed by atoms with Crippen LogP contribution in [0.4, 0.5) is 27.2 Å². The summed E-state index contributed by atoms with van der Waals surface area (Å²) in [6.45, 7) is 2.35. The second-order valence-corrected chi connectivity index (χ2v) is 9.04. The Morgan fingerprint density at radius 2 is 2.03 bits per heavy atom. The fourth-order valence-electron chi connectivity index (χ4n) is 4.41. The number of alkyl halides is 3. The van der Waals surface area contributed by atoms with Crippen molar-refractivity contribution in [2.75, 3.05) is 20.1 Å². The number of piperidine rings is 1. The number of carbonyl (C=O) groups is 2. The highest BCUT2D eigenvalue weighted by atomic mass is 19.4. The van der Waals surface area contributed by atoms with Gasteiger partial charge in [-0.05, 0) is 25.3 Å². The minimum Gasteiger partial charge on any atom is -0.406 e. The highest BCUT2D eigenvalue weighted by Crippen LogP contribution is 2.38. The molecule has 1 aliphatic carbocycles. The van der Waals surface area contributed by atoms with Gasteiger partial charge in [0, 0.05) is 56.2 Å². The number of carbonyl (C=O) groups excluding carboxylic acids is 2. The number of ether oxygens (including phenoxy) is 1. The van der Waals surface area contributed by atoms with E-state index in [-0.39, 0.29) is 36.6 Å². The number of nitrogens with one attached hydrogen (secondary N) is 2. The molecule has 2 aliphatic rings. The van der Waals surface area contributed by atoms with Gasteiger partial charge in [0.2, 0.25) is 0 Å². The van der Waals surface area contributed by atoms with Gasteiger partial charge >= 0.3 is 18.4 Å². The summed E-state index contributed by atoms with van der Waals surface area (Å²) in [7, 11) is 1.51. The van der Waals surface area contributed by atoms with Gasteiger partial charge in [0.15, 0.2) is 0 Å². The van der Waals surface area contributed by atoms with E-state index in [2.05, 4.69) is 21.4 Å². The normalized spacial score (nSPS) is 22.5. The fourth-order valence-corrected chi connectivity index (χ4v) is 4.41. The van der Waals surface area contributed by atoms with Crippen molar-refractivity contribution >= 4 is 12.1 Å². The SMILES string of the molecule is CNC(=O)N1C[C@H](N(C(=O)NCc2ccc(OC(F)(F)F)cc2F)C2CC2)C[C@@](C)(CC#N)C1. The average molecular weight is 485 g/mol. The molecule has 0 spiro atoms. The second-order valence-electron chi connectivity index (χ2n) is 9.04. The minimum absolute atomic E-state index is 0.00331. The molecule has 0 radical (unpaired) electrons. The summed E-state index contributed by atoms with van der Waals surface area (Å²) in [6.07, 6.45) is -2.62. The van der Waals surface area contributed by atoms with Crippen LogP contribution in [0.25, 0.3) is 0 Å². The Labute approximate surface area is 194 Å². The lowest BCUT2D eigenvalue weighted by Crippen LogP contribution is -2.60. The molecule has 8 nitrogen and oxygen atoms in total. The molecule has 1 aromatic carbocycles. The van der Waals surface area contributed by atoms with Crippen LogP contribution in [0.1, 0.15) is 38.2 Å². The third kappa shape index (κ3) is 6.42. The van der Waals surface area contributed by atoms with Crippen LogP contribution in [0.2, 0.25) is 0 Å². The van der Waals surface area contributed by atoms with E-state index in [1.165, 1.54) is 7.05 Å². The molecular weight excluding hydrogens is 458 g/mol. The summed E-state index contributed by atoms with van der Waals surface area (Å²) < 4.78 is 54.9. The molecule has 12 heteroatoms. The van der Waals surface area contributed by atoms with Gasteiger partial charge in [-0.1, -0.05) is 13.0 Å². The lowest BCUT2D eigenvalue weighted by molar-refractivity contribution is -0.274. The number of hydrogen-bond acceptors (Lipinski definition) is 4. The molecule has 1 saturated carbocycles. The maximum atomic E-state index is 14.3. The van der Waals surface area contributed by atoms with Crippen LogP contribution in [0.3, 0.4) is 0 Å². The van der Waals surface area contributed by atoms with E-state index in [9.17, 15) is 32.4 Å². The van der Waals surface area contributed by atoms with Crippen molar-refractivity contribution in [1.29, 1.82) is 5.26 Å². The summed E-state index contributed by atoms with van der Waals surface area (Å²) >= 11 is 0. The van der Waals surface area contributed by atoms with Crippen molar-refractivity contribution in [2.45, 2.75) is 57.6 Å². The van der Waals surface area contributed by atoms with E-state index < -0.39 is 29.4 Å². The molecule has 2 atom stereocenters. The van der Waals surface area contributed by atoms with Crippen molar-refractivity contribution in [1.82, 2.24) is 20.4 Å². The summed E-state index contributed by atoms with van der Waals surface area (Å²) in [6, 6.07) is 3.74. The smallest absolute Gasteiger partial charge is 0.406 e. The lowest BCUT2D eigenvalue weighted by atomic mass is 9.77. The quantitative estimate of drug-likeness (QED) is 0.600. The molecule has 34 heavy (non-hydrogen) atoms. The maximum absolute atomic E-state index is 14.3. The molecule has 0 aromatic heterocycles. The summed E-state index contributed by atoms with van der Waals surface area (Å²) in [5.41, 5.74) is -0.499. The molecule has 0 unspecified atom stereocenters. The van der Waals surface area contributed by atoms with Crippen LogP contribution in [-0.4, -0.2) is 60.4 Å². The van der Waals surface area contributed by atoms with Gasteiger partial charge in [-0.25, -0.2) is 14.0 Å². The average Bonchev–Trinajstić information content (AvgIpc) is 3.56.